The van der Waals surface area contributed by atoms with Crippen LogP contribution in [-0.2, 0) is 4.74 Å². The number of ether oxygens (including phenoxy) is 1. The summed E-state index contributed by atoms with van der Waals surface area (Å²) in [6.45, 7) is 4.83. The van der Waals surface area contributed by atoms with E-state index in [0.717, 1.165) is 35.2 Å². The van der Waals surface area contributed by atoms with Gasteiger partial charge in [0.2, 0.25) is 0 Å². The van der Waals surface area contributed by atoms with Crippen LogP contribution in [-0.4, -0.2) is 36.3 Å². The van der Waals surface area contributed by atoms with Crippen LogP contribution in [0.4, 0.5) is 10.1 Å². The first-order chi connectivity index (χ1) is 12.1. The van der Waals surface area contributed by atoms with E-state index in [4.69, 9.17) is 16.3 Å². The molecule has 0 unspecified atom stereocenters. The van der Waals surface area contributed by atoms with Crippen LogP contribution in [0, 0.1) is 12.7 Å². The van der Waals surface area contributed by atoms with Gasteiger partial charge in [-0.05, 0) is 42.8 Å². The van der Waals surface area contributed by atoms with Gasteiger partial charge in [0.1, 0.15) is 11.6 Å². The number of aromatic nitrogens is 2. The first-order valence-electron chi connectivity index (χ1n) is 8.17. The first kappa shape index (κ1) is 16.2. The van der Waals surface area contributed by atoms with Gasteiger partial charge in [-0.2, -0.15) is 0 Å². The standard InChI is InChI=1S/C19H17ClFN3O/c1-12-22-11-17-16(15-3-2-13(20)8-18(15)21)9-14(10-19(17)23-12)24-4-6-25-7-5-24/h2-3,8-11H,4-7H2,1H3. The second-order valence-electron chi connectivity index (χ2n) is 6.07. The van der Waals surface area contributed by atoms with Crippen molar-refractivity contribution in [1.29, 1.82) is 0 Å². The minimum atomic E-state index is -0.353. The summed E-state index contributed by atoms with van der Waals surface area (Å²) in [4.78, 5) is 11.1. The maximum atomic E-state index is 14.6. The highest BCUT2D eigenvalue weighted by atomic mass is 35.5. The number of halogens is 2. The topological polar surface area (TPSA) is 38.2 Å². The van der Waals surface area contributed by atoms with E-state index in [9.17, 15) is 4.39 Å². The van der Waals surface area contributed by atoms with Gasteiger partial charge in [-0.25, -0.2) is 14.4 Å². The molecule has 4 rings (SSSR count). The Kier molecular flexibility index (Phi) is 4.27. The molecule has 6 heteroatoms. The average Bonchev–Trinajstić information content (AvgIpc) is 2.61. The predicted molar refractivity (Wildman–Crippen MR) is 97.7 cm³/mol. The van der Waals surface area contributed by atoms with Crippen molar-refractivity contribution in [2.45, 2.75) is 6.92 Å². The molecule has 0 amide bonds. The number of fused-ring (bicyclic) bond motifs is 1. The SMILES string of the molecule is Cc1ncc2c(-c3ccc(Cl)cc3F)cc(N3CCOCC3)cc2n1. The van der Waals surface area contributed by atoms with E-state index in [2.05, 4.69) is 14.9 Å². The molecule has 1 aromatic heterocycles. The Labute approximate surface area is 150 Å². The van der Waals surface area contributed by atoms with Crippen LogP contribution in [0.25, 0.3) is 22.0 Å². The van der Waals surface area contributed by atoms with E-state index in [-0.39, 0.29) is 5.82 Å². The number of rotatable bonds is 2. The molecule has 2 heterocycles. The van der Waals surface area contributed by atoms with Gasteiger partial charge in [-0.15, -0.1) is 0 Å². The van der Waals surface area contributed by atoms with E-state index >= 15 is 0 Å². The molecule has 0 saturated carbocycles. The van der Waals surface area contributed by atoms with Crippen LogP contribution in [0.15, 0.2) is 36.5 Å². The number of morpholine rings is 1. The average molecular weight is 358 g/mol. The molecule has 2 aromatic carbocycles. The van der Waals surface area contributed by atoms with Crippen LogP contribution < -0.4 is 4.90 Å². The molecule has 3 aromatic rings. The summed E-state index contributed by atoms with van der Waals surface area (Å²) in [6, 6.07) is 8.77. The zero-order valence-electron chi connectivity index (χ0n) is 13.8. The lowest BCUT2D eigenvalue weighted by Crippen LogP contribution is -2.36. The molecular weight excluding hydrogens is 341 g/mol. The van der Waals surface area contributed by atoms with Crippen LogP contribution in [0.3, 0.4) is 0 Å². The summed E-state index contributed by atoms with van der Waals surface area (Å²) in [5.74, 6) is 0.336. The number of nitrogens with zero attached hydrogens (tertiary/aromatic N) is 3. The van der Waals surface area contributed by atoms with E-state index in [1.165, 1.54) is 6.07 Å². The smallest absolute Gasteiger partial charge is 0.132 e. The van der Waals surface area contributed by atoms with Crippen molar-refractivity contribution >= 4 is 28.2 Å². The van der Waals surface area contributed by atoms with Crippen molar-refractivity contribution in [3.63, 3.8) is 0 Å². The molecule has 25 heavy (non-hydrogen) atoms. The fourth-order valence-electron chi connectivity index (χ4n) is 3.15. The van der Waals surface area contributed by atoms with Crippen LogP contribution >= 0.6 is 11.6 Å². The highest BCUT2D eigenvalue weighted by molar-refractivity contribution is 6.30. The van der Waals surface area contributed by atoms with Gasteiger partial charge in [-0.3, -0.25) is 0 Å². The Hall–Kier alpha value is -2.24. The molecule has 1 aliphatic rings. The van der Waals surface area contributed by atoms with Gasteiger partial charge in [0.15, 0.2) is 0 Å². The van der Waals surface area contributed by atoms with Crippen molar-refractivity contribution in [2.24, 2.45) is 0 Å². The molecular formula is C19H17ClFN3O. The molecule has 0 atom stereocenters. The van der Waals surface area contributed by atoms with Crippen molar-refractivity contribution in [3.05, 3.63) is 53.2 Å². The van der Waals surface area contributed by atoms with Crippen LogP contribution in [0.5, 0.6) is 0 Å². The molecule has 0 aliphatic carbocycles. The van der Waals surface area contributed by atoms with E-state index in [1.54, 1.807) is 18.3 Å². The van der Waals surface area contributed by atoms with Gasteiger partial charge in [-0.1, -0.05) is 11.6 Å². The van der Waals surface area contributed by atoms with Gasteiger partial charge >= 0.3 is 0 Å². The first-order valence-corrected chi connectivity index (χ1v) is 8.55. The number of benzene rings is 2. The zero-order chi connectivity index (χ0) is 17.4. The molecule has 1 saturated heterocycles. The van der Waals surface area contributed by atoms with E-state index < -0.39 is 0 Å². The van der Waals surface area contributed by atoms with Gasteiger partial charge < -0.3 is 9.64 Å². The van der Waals surface area contributed by atoms with Crippen molar-refractivity contribution < 1.29 is 9.13 Å². The predicted octanol–water partition coefficient (Wildman–Crippen LogP) is 4.23. The number of aryl methyl sites for hydroxylation is 1. The Morgan fingerprint density at radius 1 is 1.12 bits per heavy atom. The fourth-order valence-corrected chi connectivity index (χ4v) is 3.31. The lowest BCUT2D eigenvalue weighted by atomic mass is 9.99. The largest absolute Gasteiger partial charge is 0.378 e. The maximum Gasteiger partial charge on any atom is 0.132 e. The third-order valence-corrected chi connectivity index (χ3v) is 4.64. The molecule has 1 fully saturated rings. The number of hydrogen-bond donors (Lipinski definition) is 0. The van der Waals surface area contributed by atoms with Crippen molar-refractivity contribution in [1.82, 2.24) is 9.97 Å². The fraction of sp³-hybridized carbons (Fsp3) is 0.263. The third kappa shape index (κ3) is 3.17. The lowest BCUT2D eigenvalue weighted by Gasteiger charge is -2.29. The van der Waals surface area contributed by atoms with Gasteiger partial charge in [0.05, 0.1) is 18.7 Å². The summed E-state index contributed by atoms with van der Waals surface area (Å²) >= 11 is 5.91. The summed E-state index contributed by atoms with van der Waals surface area (Å²) in [7, 11) is 0. The summed E-state index contributed by atoms with van der Waals surface area (Å²) in [5.41, 5.74) is 3.09. The molecule has 0 radical (unpaired) electrons. The second-order valence-corrected chi connectivity index (χ2v) is 6.50. The quantitative estimate of drug-likeness (QED) is 0.687. The highest BCUT2D eigenvalue weighted by Gasteiger charge is 2.17. The highest BCUT2D eigenvalue weighted by Crippen LogP contribution is 2.35. The maximum absolute atomic E-state index is 14.6. The lowest BCUT2D eigenvalue weighted by molar-refractivity contribution is 0.122. The summed E-state index contributed by atoms with van der Waals surface area (Å²) in [6.07, 6.45) is 1.75. The number of anilines is 1. The Morgan fingerprint density at radius 3 is 2.68 bits per heavy atom. The minimum absolute atomic E-state index is 0.353. The Morgan fingerprint density at radius 2 is 1.92 bits per heavy atom. The van der Waals surface area contributed by atoms with Crippen molar-refractivity contribution in [2.75, 3.05) is 31.2 Å². The monoisotopic (exact) mass is 357 g/mol. The van der Waals surface area contributed by atoms with E-state index in [0.29, 0.717) is 29.6 Å². The normalized spacial score (nSPS) is 14.9. The minimum Gasteiger partial charge on any atom is -0.378 e. The molecule has 1 aliphatic heterocycles. The van der Waals surface area contributed by atoms with Crippen molar-refractivity contribution in [3.8, 4) is 11.1 Å². The zero-order valence-corrected chi connectivity index (χ0v) is 14.6. The Balaban J connectivity index is 1.94. The second kappa shape index (κ2) is 6.58. The molecule has 0 bridgehead atoms. The third-order valence-electron chi connectivity index (χ3n) is 4.40. The Bertz CT molecular complexity index is 941. The summed E-state index contributed by atoms with van der Waals surface area (Å²) < 4.78 is 20.0. The van der Waals surface area contributed by atoms with Crippen LogP contribution in [0.1, 0.15) is 5.82 Å². The van der Waals surface area contributed by atoms with Gasteiger partial charge in [0.25, 0.3) is 0 Å². The van der Waals surface area contributed by atoms with Gasteiger partial charge in [0, 0.05) is 40.9 Å². The molecule has 0 N–H and O–H groups in total. The number of hydrogen-bond acceptors (Lipinski definition) is 4. The molecule has 128 valence electrons. The van der Waals surface area contributed by atoms with E-state index in [1.807, 2.05) is 19.1 Å². The van der Waals surface area contributed by atoms with Crippen LogP contribution in [0.2, 0.25) is 5.02 Å². The summed E-state index contributed by atoms with van der Waals surface area (Å²) in [5, 5.41) is 1.20. The molecule has 0 spiro atoms. The molecule has 4 nitrogen and oxygen atoms in total.